The van der Waals surface area contributed by atoms with Crippen molar-refractivity contribution < 1.29 is 0 Å². The van der Waals surface area contributed by atoms with Gasteiger partial charge in [-0.15, -0.1) is 0 Å². The van der Waals surface area contributed by atoms with Crippen LogP contribution in [0.15, 0.2) is 279 Å². The zero-order valence-corrected chi connectivity index (χ0v) is 38.0. The molecule has 0 saturated carbocycles. The summed E-state index contributed by atoms with van der Waals surface area (Å²) < 4.78 is 2.48. The standard InChI is InChI=1S/C67H46N2/c1-5-18-47(19-6-1)49-32-37-55(38-33-49)68(56-39-34-50(35-40-56)48-20-7-2-8-21-48)57-27-17-22-51(44-57)52-36-42-62-61-29-14-16-31-65(61)69(66(62)45-52)58-41-43-60-59-28-13-15-30-63(59)67(64(60)46-58,53-23-9-3-10-24-53)54-25-11-4-12-26-54/h1-46H. The Bertz CT molecular complexity index is 3680. The monoisotopic (exact) mass is 878 g/mol. The average molecular weight is 879 g/mol. The van der Waals surface area contributed by atoms with Crippen molar-refractivity contribution in [2.75, 3.05) is 4.90 Å². The lowest BCUT2D eigenvalue weighted by atomic mass is 9.67. The molecule has 0 amide bonds. The molecule has 2 heteroatoms. The van der Waals surface area contributed by atoms with E-state index in [2.05, 4.69) is 289 Å². The number of aromatic nitrogens is 1. The zero-order valence-electron chi connectivity index (χ0n) is 38.0. The zero-order chi connectivity index (χ0) is 45.7. The van der Waals surface area contributed by atoms with E-state index in [0.29, 0.717) is 0 Å². The highest BCUT2D eigenvalue weighted by Gasteiger charge is 2.46. The highest BCUT2D eigenvalue weighted by atomic mass is 15.1. The van der Waals surface area contributed by atoms with Gasteiger partial charge in [0.15, 0.2) is 0 Å². The predicted molar refractivity (Wildman–Crippen MR) is 289 cm³/mol. The molecule has 1 heterocycles. The van der Waals surface area contributed by atoms with Gasteiger partial charge in [-0.25, -0.2) is 0 Å². The van der Waals surface area contributed by atoms with Gasteiger partial charge in [-0.05, 0) is 127 Å². The Kier molecular flexibility index (Phi) is 9.77. The van der Waals surface area contributed by atoms with Crippen molar-refractivity contribution in [2.45, 2.75) is 5.41 Å². The molecule has 0 N–H and O–H groups in total. The van der Waals surface area contributed by atoms with E-state index in [9.17, 15) is 0 Å². The molecule has 13 rings (SSSR count). The molecule has 324 valence electrons. The van der Waals surface area contributed by atoms with E-state index in [-0.39, 0.29) is 0 Å². The first-order valence-corrected chi connectivity index (χ1v) is 23.8. The molecular formula is C67H46N2. The van der Waals surface area contributed by atoms with Crippen LogP contribution >= 0.6 is 0 Å². The van der Waals surface area contributed by atoms with E-state index in [4.69, 9.17) is 0 Å². The van der Waals surface area contributed by atoms with Crippen molar-refractivity contribution in [3.63, 3.8) is 0 Å². The van der Waals surface area contributed by atoms with Crippen molar-refractivity contribution in [2.24, 2.45) is 0 Å². The maximum atomic E-state index is 2.48. The lowest BCUT2D eigenvalue weighted by molar-refractivity contribution is 0.767. The summed E-state index contributed by atoms with van der Waals surface area (Å²) in [4.78, 5) is 2.37. The fourth-order valence-electron chi connectivity index (χ4n) is 11.1. The number of fused-ring (bicyclic) bond motifs is 6. The number of hydrogen-bond donors (Lipinski definition) is 0. The van der Waals surface area contributed by atoms with Crippen LogP contribution in [0.2, 0.25) is 0 Å². The lowest BCUT2D eigenvalue weighted by Gasteiger charge is -2.34. The molecule has 0 bridgehead atoms. The van der Waals surface area contributed by atoms with Crippen molar-refractivity contribution in [3.8, 4) is 50.2 Å². The van der Waals surface area contributed by atoms with Crippen LogP contribution in [0.5, 0.6) is 0 Å². The summed E-state index contributed by atoms with van der Waals surface area (Å²) in [5.74, 6) is 0. The Labute approximate surface area is 403 Å². The third-order valence-corrected chi connectivity index (χ3v) is 14.3. The second kappa shape index (κ2) is 16.7. The van der Waals surface area contributed by atoms with Crippen LogP contribution < -0.4 is 4.90 Å². The molecule has 0 atom stereocenters. The molecule has 0 aliphatic heterocycles. The molecule has 1 aromatic heterocycles. The maximum absolute atomic E-state index is 2.48. The predicted octanol–water partition coefficient (Wildman–Crippen LogP) is 17.6. The molecule has 0 spiro atoms. The van der Waals surface area contributed by atoms with Gasteiger partial charge in [0.1, 0.15) is 0 Å². The van der Waals surface area contributed by atoms with Gasteiger partial charge >= 0.3 is 0 Å². The molecule has 1 aliphatic carbocycles. The minimum absolute atomic E-state index is 0.496. The van der Waals surface area contributed by atoms with Crippen LogP contribution in [-0.2, 0) is 5.41 Å². The first kappa shape index (κ1) is 40.3. The smallest absolute Gasteiger partial charge is 0.0714 e. The van der Waals surface area contributed by atoms with Crippen LogP contribution in [-0.4, -0.2) is 4.57 Å². The molecule has 0 radical (unpaired) electrons. The first-order valence-electron chi connectivity index (χ1n) is 23.8. The van der Waals surface area contributed by atoms with Crippen LogP contribution in [0.4, 0.5) is 17.1 Å². The fourth-order valence-corrected chi connectivity index (χ4v) is 11.1. The number of anilines is 3. The van der Waals surface area contributed by atoms with Crippen LogP contribution in [0, 0.1) is 0 Å². The summed E-state index contributed by atoms with van der Waals surface area (Å²) in [6.45, 7) is 0. The summed E-state index contributed by atoms with van der Waals surface area (Å²) >= 11 is 0. The van der Waals surface area contributed by atoms with Crippen molar-refractivity contribution in [3.05, 3.63) is 301 Å². The average Bonchev–Trinajstić information content (AvgIpc) is 3.92. The number of para-hydroxylation sites is 1. The summed E-state index contributed by atoms with van der Waals surface area (Å²) in [7, 11) is 0. The van der Waals surface area contributed by atoms with Gasteiger partial charge in [0.05, 0.1) is 16.4 Å². The Morgan fingerprint density at radius 3 is 1.39 bits per heavy atom. The minimum Gasteiger partial charge on any atom is -0.310 e. The number of hydrogen-bond acceptors (Lipinski definition) is 1. The van der Waals surface area contributed by atoms with Crippen LogP contribution in [0.3, 0.4) is 0 Å². The Hall–Kier alpha value is -8.98. The molecule has 0 unspecified atom stereocenters. The molecule has 2 nitrogen and oxygen atoms in total. The van der Waals surface area contributed by atoms with Gasteiger partial charge in [-0.2, -0.15) is 0 Å². The highest BCUT2D eigenvalue weighted by Crippen LogP contribution is 2.56. The van der Waals surface area contributed by atoms with E-state index < -0.39 is 5.41 Å². The van der Waals surface area contributed by atoms with E-state index in [1.807, 2.05) is 0 Å². The number of rotatable bonds is 9. The summed E-state index contributed by atoms with van der Waals surface area (Å²) in [5.41, 5.74) is 21.0. The Morgan fingerprint density at radius 2 is 0.754 bits per heavy atom. The third-order valence-electron chi connectivity index (χ3n) is 14.3. The summed E-state index contributed by atoms with van der Waals surface area (Å²) in [5, 5.41) is 2.46. The van der Waals surface area contributed by atoms with Gasteiger partial charge < -0.3 is 9.47 Å². The van der Waals surface area contributed by atoms with Crippen molar-refractivity contribution in [1.29, 1.82) is 0 Å². The van der Waals surface area contributed by atoms with Crippen LogP contribution in [0.25, 0.3) is 72.0 Å². The van der Waals surface area contributed by atoms with Crippen LogP contribution in [0.1, 0.15) is 22.3 Å². The molecule has 69 heavy (non-hydrogen) atoms. The van der Waals surface area contributed by atoms with Gasteiger partial charge in [-0.1, -0.05) is 218 Å². The van der Waals surface area contributed by atoms with Gasteiger partial charge in [-0.3, -0.25) is 0 Å². The molecule has 12 aromatic rings. The highest BCUT2D eigenvalue weighted by molar-refractivity contribution is 6.10. The van der Waals surface area contributed by atoms with E-state index in [0.717, 1.165) is 33.9 Å². The minimum atomic E-state index is -0.496. The lowest BCUT2D eigenvalue weighted by Crippen LogP contribution is -2.28. The number of nitrogens with zero attached hydrogens (tertiary/aromatic N) is 2. The van der Waals surface area contributed by atoms with E-state index >= 15 is 0 Å². The van der Waals surface area contributed by atoms with E-state index in [1.54, 1.807) is 0 Å². The number of benzene rings is 11. The quantitative estimate of drug-likeness (QED) is 0.140. The van der Waals surface area contributed by atoms with Gasteiger partial charge in [0.25, 0.3) is 0 Å². The molecule has 11 aromatic carbocycles. The second-order valence-corrected chi connectivity index (χ2v) is 18.1. The normalized spacial score (nSPS) is 12.5. The first-order chi connectivity index (χ1) is 34.2. The van der Waals surface area contributed by atoms with Gasteiger partial charge in [0.2, 0.25) is 0 Å². The Balaban J connectivity index is 0.960. The molecule has 0 fully saturated rings. The second-order valence-electron chi connectivity index (χ2n) is 18.1. The van der Waals surface area contributed by atoms with E-state index in [1.165, 1.54) is 77.4 Å². The van der Waals surface area contributed by atoms with Gasteiger partial charge in [0, 0.05) is 33.5 Å². The summed E-state index contributed by atoms with van der Waals surface area (Å²) in [6.07, 6.45) is 0. The molecule has 1 aliphatic rings. The van der Waals surface area contributed by atoms with Crippen molar-refractivity contribution >= 4 is 38.9 Å². The third kappa shape index (κ3) is 6.72. The largest absolute Gasteiger partial charge is 0.310 e. The van der Waals surface area contributed by atoms with Crippen molar-refractivity contribution in [1.82, 2.24) is 4.57 Å². The molecular weight excluding hydrogens is 833 g/mol. The SMILES string of the molecule is c1ccc(-c2ccc(N(c3ccc(-c4ccccc4)cc3)c3cccc(-c4ccc5c6ccccc6n(-c6ccc7c(c6)C(c6ccccc6)(c6ccccc6)c6ccccc6-7)c5c4)c3)cc2)cc1. The molecule has 0 saturated heterocycles. The maximum Gasteiger partial charge on any atom is 0.0714 e. The topological polar surface area (TPSA) is 8.17 Å². The Morgan fingerprint density at radius 1 is 0.275 bits per heavy atom. The fraction of sp³-hybridized carbons (Fsp3) is 0.0149. The summed E-state index contributed by atoms with van der Waals surface area (Å²) in [6, 6.07) is 102.